The van der Waals surface area contributed by atoms with E-state index in [0.717, 1.165) is 31.5 Å². The second kappa shape index (κ2) is 5.87. The molecular weight excluding hydrogens is 245 g/mol. The first-order chi connectivity index (χ1) is 7.77. The minimum absolute atomic E-state index is 0.344. The molecule has 1 aromatic rings. The molecule has 0 atom stereocenters. The van der Waals surface area contributed by atoms with Crippen LogP contribution in [0.15, 0.2) is 18.2 Å². The summed E-state index contributed by atoms with van der Waals surface area (Å²) in [5.41, 5.74) is 0.965. The molecule has 1 aliphatic rings. The van der Waals surface area contributed by atoms with Crippen LogP contribution in [0.3, 0.4) is 0 Å². The number of ether oxygens (including phenoxy) is 1. The van der Waals surface area contributed by atoms with Crippen molar-refractivity contribution >= 4 is 23.2 Å². The van der Waals surface area contributed by atoms with Gasteiger partial charge in [0.05, 0.1) is 22.8 Å². The van der Waals surface area contributed by atoms with E-state index in [9.17, 15) is 0 Å². The highest BCUT2D eigenvalue weighted by Gasteiger charge is 2.14. The number of benzene rings is 1. The molecule has 1 aliphatic heterocycles. The van der Waals surface area contributed by atoms with E-state index >= 15 is 0 Å². The Morgan fingerprint density at radius 1 is 1.25 bits per heavy atom. The van der Waals surface area contributed by atoms with E-state index in [1.165, 1.54) is 0 Å². The van der Waals surface area contributed by atoms with Crippen LogP contribution in [-0.4, -0.2) is 19.2 Å². The molecule has 0 bridgehead atoms. The number of nitrogens with one attached hydrogen (secondary N) is 1. The first kappa shape index (κ1) is 12.2. The quantitative estimate of drug-likeness (QED) is 0.900. The van der Waals surface area contributed by atoms with Crippen LogP contribution in [0.25, 0.3) is 0 Å². The van der Waals surface area contributed by atoms with Crippen molar-refractivity contribution in [1.82, 2.24) is 5.32 Å². The Bertz CT molecular complexity index is 351. The third kappa shape index (κ3) is 3.11. The standard InChI is InChI=1S/C12H15Cl2NO/c13-11-3-1-2-9(12(11)14)8-16-10-4-6-15-7-5-10/h1-3,10,15H,4-8H2. The van der Waals surface area contributed by atoms with Gasteiger partial charge in [0.15, 0.2) is 0 Å². The summed E-state index contributed by atoms with van der Waals surface area (Å²) < 4.78 is 5.82. The second-order valence-electron chi connectivity index (χ2n) is 3.97. The van der Waals surface area contributed by atoms with E-state index in [4.69, 9.17) is 27.9 Å². The molecule has 0 aromatic heterocycles. The number of piperidine rings is 1. The molecule has 1 fully saturated rings. The third-order valence-corrected chi connectivity index (χ3v) is 3.65. The van der Waals surface area contributed by atoms with Crippen LogP contribution in [0.1, 0.15) is 18.4 Å². The highest BCUT2D eigenvalue weighted by molar-refractivity contribution is 6.42. The lowest BCUT2D eigenvalue weighted by Gasteiger charge is -2.23. The Kier molecular flexibility index (Phi) is 4.47. The third-order valence-electron chi connectivity index (χ3n) is 2.79. The zero-order valence-corrected chi connectivity index (χ0v) is 10.5. The van der Waals surface area contributed by atoms with Crippen LogP contribution in [0.5, 0.6) is 0 Å². The lowest BCUT2D eigenvalue weighted by atomic mass is 10.1. The highest BCUT2D eigenvalue weighted by atomic mass is 35.5. The van der Waals surface area contributed by atoms with Gasteiger partial charge in [0, 0.05) is 0 Å². The molecule has 1 saturated heterocycles. The summed E-state index contributed by atoms with van der Waals surface area (Å²) in [4.78, 5) is 0. The van der Waals surface area contributed by atoms with Gasteiger partial charge in [-0.1, -0.05) is 35.3 Å². The maximum absolute atomic E-state index is 6.09. The van der Waals surface area contributed by atoms with Crippen molar-refractivity contribution in [2.45, 2.75) is 25.6 Å². The molecule has 1 N–H and O–H groups in total. The zero-order valence-electron chi connectivity index (χ0n) is 9.01. The topological polar surface area (TPSA) is 21.3 Å². The van der Waals surface area contributed by atoms with Gasteiger partial charge in [-0.2, -0.15) is 0 Å². The zero-order chi connectivity index (χ0) is 11.4. The van der Waals surface area contributed by atoms with Crippen molar-refractivity contribution in [3.8, 4) is 0 Å². The number of halogens is 2. The van der Waals surface area contributed by atoms with Crippen LogP contribution >= 0.6 is 23.2 Å². The van der Waals surface area contributed by atoms with E-state index in [-0.39, 0.29) is 0 Å². The number of hydrogen-bond acceptors (Lipinski definition) is 2. The summed E-state index contributed by atoms with van der Waals surface area (Å²) in [6.45, 7) is 2.62. The Morgan fingerprint density at radius 2 is 2.00 bits per heavy atom. The Morgan fingerprint density at radius 3 is 2.75 bits per heavy atom. The van der Waals surface area contributed by atoms with Crippen LogP contribution in [0, 0.1) is 0 Å². The first-order valence-electron chi connectivity index (χ1n) is 5.52. The molecule has 0 amide bonds. The van der Waals surface area contributed by atoms with E-state index < -0.39 is 0 Å². The fourth-order valence-corrected chi connectivity index (χ4v) is 2.20. The molecule has 0 saturated carbocycles. The minimum atomic E-state index is 0.344. The summed E-state index contributed by atoms with van der Waals surface area (Å²) in [5.74, 6) is 0. The van der Waals surface area contributed by atoms with Gasteiger partial charge in [-0.25, -0.2) is 0 Å². The summed E-state index contributed by atoms with van der Waals surface area (Å²) in [7, 11) is 0. The lowest BCUT2D eigenvalue weighted by Crippen LogP contribution is -2.32. The van der Waals surface area contributed by atoms with Crippen molar-refractivity contribution in [1.29, 1.82) is 0 Å². The average Bonchev–Trinajstić information content (AvgIpc) is 2.32. The molecule has 88 valence electrons. The van der Waals surface area contributed by atoms with Crippen LogP contribution in [0.2, 0.25) is 10.0 Å². The molecule has 16 heavy (non-hydrogen) atoms. The van der Waals surface area contributed by atoms with Crippen LogP contribution < -0.4 is 5.32 Å². The summed E-state index contributed by atoms with van der Waals surface area (Å²) >= 11 is 12.0. The highest BCUT2D eigenvalue weighted by Crippen LogP contribution is 2.26. The van der Waals surface area contributed by atoms with E-state index in [0.29, 0.717) is 22.8 Å². The van der Waals surface area contributed by atoms with E-state index in [1.54, 1.807) is 6.07 Å². The molecule has 4 heteroatoms. The van der Waals surface area contributed by atoms with Crippen molar-refractivity contribution < 1.29 is 4.74 Å². The van der Waals surface area contributed by atoms with Crippen LogP contribution in [-0.2, 0) is 11.3 Å². The van der Waals surface area contributed by atoms with E-state index in [2.05, 4.69) is 5.32 Å². The predicted molar refractivity (Wildman–Crippen MR) is 67.1 cm³/mol. The second-order valence-corrected chi connectivity index (χ2v) is 4.76. The van der Waals surface area contributed by atoms with Gasteiger partial charge in [0.1, 0.15) is 0 Å². The number of hydrogen-bond donors (Lipinski definition) is 1. The predicted octanol–water partition coefficient (Wildman–Crippen LogP) is 3.26. The molecule has 2 nitrogen and oxygen atoms in total. The Hall–Kier alpha value is -0.280. The summed E-state index contributed by atoms with van der Waals surface area (Å²) in [5, 5.41) is 4.51. The van der Waals surface area contributed by atoms with Gasteiger partial charge in [0.25, 0.3) is 0 Å². The van der Waals surface area contributed by atoms with Crippen molar-refractivity contribution in [2.75, 3.05) is 13.1 Å². The van der Waals surface area contributed by atoms with Crippen LogP contribution in [0.4, 0.5) is 0 Å². The minimum Gasteiger partial charge on any atom is -0.373 e. The molecule has 2 rings (SSSR count). The fraction of sp³-hybridized carbons (Fsp3) is 0.500. The molecular formula is C12H15Cl2NO. The van der Waals surface area contributed by atoms with Gasteiger partial charge in [-0.15, -0.1) is 0 Å². The monoisotopic (exact) mass is 259 g/mol. The number of rotatable bonds is 3. The lowest BCUT2D eigenvalue weighted by molar-refractivity contribution is 0.0213. The Balaban J connectivity index is 1.91. The maximum atomic E-state index is 6.09. The molecule has 0 unspecified atom stereocenters. The SMILES string of the molecule is Clc1cccc(COC2CCNCC2)c1Cl. The van der Waals surface area contributed by atoms with Gasteiger partial charge >= 0.3 is 0 Å². The molecule has 0 spiro atoms. The molecule has 1 aromatic carbocycles. The summed E-state index contributed by atoms with van der Waals surface area (Å²) in [6.07, 6.45) is 2.48. The van der Waals surface area contributed by atoms with Gasteiger partial charge in [-0.05, 0) is 37.6 Å². The molecule has 0 aliphatic carbocycles. The smallest absolute Gasteiger partial charge is 0.0735 e. The molecule has 0 radical (unpaired) electrons. The fourth-order valence-electron chi connectivity index (χ4n) is 1.83. The van der Waals surface area contributed by atoms with Crippen molar-refractivity contribution in [3.63, 3.8) is 0 Å². The molecule has 1 heterocycles. The Labute approximate surface area is 106 Å². The largest absolute Gasteiger partial charge is 0.373 e. The normalized spacial score (nSPS) is 17.6. The van der Waals surface area contributed by atoms with E-state index in [1.807, 2.05) is 12.1 Å². The van der Waals surface area contributed by atoms with Gasteiger partial charge in [-0.3, -0.25) is 0 Å². The summed E-state index contributed by atoms with van der Waals surface area (Å²) in [6, 6.07) is 5.64. The van der Waals surface area contributed by atoms with Gasteiger partial charge < -0.3 is 10.1 Å². The maximum Gasteiger partial charge on any atom is 0.0735 e. The van der Waals surface area contributed by atoms with Crippen molar-refractivity contribution in [2.24, 2.45) is 0 Å². The van der Waals surface area contributed by atoms with Crippen molar-refractivity contribution in [3.05, 3.63) is 33.8 Å². The average molecular weight is 260 g/mol. The van der Waals surface area contributed by atoms with Gasteiger partial charge in [0.2, 0.25) is 0 Å². The first-order valence-corrected chi connectivity index (χ1v) is 6.28.